The lowest BCUT2D eigenvalue weighted by atomic mass is 9.48. The van der Waals surface area contributed by atoms with Gasteiger partial charge in [0, 0.05) is 22.9 Å². The van der Waals surface area contributed by atoms with Gasteiger partial charge < -0.3 is 16.2 Å². The van der Waals surface area contributed by atoms with E-state index < -0.39 is 0 Å². The summed E-state index contributed by atoms with van der Waals surface area (Å²) >= 11 is 0. The molecule has 1 aromatic rings. The summed E-state index contributed by atoms with van der Waals surface area (Å²) < 4.78 is 0. The zero-order valence-corrected chi connectivity index (χ0v) is 12.8. The van der Waals surface area contributed by atoms with Crippen molar-refractivity contribution in [3.63, 3.8) is 0 Å². The largest absolute Gasteiger partial charge is 0.507 e. The van der Waals surface area contributed by atoms with Crippen LogP contribution in [0, 0.1) is 17.8 Å². The van der Waals surface area contributed by atoms with Gasteiger partial charge in [-0.1, -0.05) is 33.8 Å². The third-order valence-corrected chi connectivity index (χ3v) is 4.76. The molecule has 1 amide bonds. The average Bonchev–Trinajstić information content (AvgIpc) is 2.34. The van der Waals surface area contributed by atoms with Crippen molar-refractivity contribution >= 4 is 5.91 Å². The van der Waals surface area contributed by atoms with Crippen LogP contribution in [0.3, 0.4) is 0 Å². The number of amides is 1. The Morgan fingerprint density at radius 2 is 1.80 bits per heavy atom. The van der Waals surface area contributed by atoms with Crippen LogP contribution in [0.25, 0.3) is 0 Å². The quantitative estimate of drug-likeness (QED) is 0.775. The van der Waals surface area contributed by atoms with Crippen LogP contribution >= 0.6 is 0 Å². The highest BCUT2D eigenvalue weighted by Gasteiger charge is 2.60. The third kappa shape index (κ3) is 2.08. The lowest BCUT2D eigenvalue weighted by Crippen LogP contribution is -2.76. The number of nitrogens with two attached hydrogens (primary N) is 1. The van der Waals surface area contributed by atoms with Gasteiger partial charge in [-0.25, -0.2) is 0 Å². The summed E-state index contributed by atoms with van der Waals surface area (Å²) in [6.07, 6.45) is 0. The highest BCUT2D eigenvalue weighted by molar-refractivity contribution is 5.97. The number of rotatable bonds is 2. The Morgan fingerprint density at radius 3 is 2.30 bits per heavy atom. The molecule has 0 bridgehead atoms. The monoisotopic (exact) mass is 276 g/mol. The number of carbonyl (C=O) groups excluding carboxylic acids is 1. The maximum absolute atomic E-state index is 12.4. The summed E-state index contributed by atoms with van der Waals surface area (Å²) in [6.45, 7) is 10.1. The lowest BCUT2D eigenvalue weighted by Gasteiger charge is -2.62. The smallest absolute Gasteiger partial charge is 0.255 e. The van der Waals surface area contributed by atoms with Crippen LogP contribution in [-0.2, 0) is 0 Å². The van der Waals surface area contributed by atoms with Crippen LogP contribution in [0.15, 0.2) is 18.2 Å². The molecule has 1 aromatic carbocycles. The zero-order valence-electron chi connectivity index (χ0n) is 12.8. The minimum absolute atomic E-state index is 0.0155. The molecule has 0 heterocycles. The van der Waals surface area contributed by atoms with Crippen molar-refractivity contribution in [1.29, 1.82) is 0 Å². The minimum atomic E-state index is -0.249. The Bertz CT molecular complexity index is 533. The Hall–Kier alpha value is -1.55. The van der Waals surface area contributed by atoms with Crippen molar-refractivity contribution in [2.24, 2.45) is 16.6 Å². The maximum Gasteiger partial charge on any atom is 0.255 e. The summed E-state index contributed by atoms with van der Waals surface area (Å²) in [5, 5.41) is 12.9. The Morgan fingerprint density at radius 1 is 1.25 bits per heavy atom. The molecule has 4 N–H and O–H groups in total. The Labute approximate surface area is 120 Å². The number of hydrogen-bond donors (Lipinski definition) is 3. The van der Waals surface area contributed by atoms with E-state index >= 15 is 0 Å². The Kier molecular flexibility index (Phi) is 3.33. The van der Waals surface area contributed by atoms with Crippen molar-refractivity contribution < 1.29 is 9.90 Å². The van der Waals surface area contributed by atoms with Crippen molar-refractivity contribution in [3.05, 3.63) is 29.3 Å². The first-order chi connectivity index (χ1) is 9.08. The van der Waals surface area contributed by atoms with E-state index in [1.807, 2.05) is 13.0 Å². The van der Waals surface area contributed by atoms with E-state index in [0.717, 1.165) is 5.56 Å². The van der Waals surface area contributed by atoms with Crippen LogP contribution in [-0.4, -0.2) is 23.1 Å². The molecule has 20 heavy (non-hydrogen) atoms. The predicted molar refractivity (Wildman–Crippen MR) is 79.6 cm³/mol. The second-order valence-corrected chi connectivity index (χ2v) is 7.05. The van der Waals surface area contributed by atoms with Crippen LogP contribution in [0.5, 0.6) is 5.75 Å². The molecular weight excluding hydrogens is 252 g/mol. The van der Waals surface area contributed by atoms with E-state index in [9.17, 15) is 9.90 Å². The molecule has 4 heteroatoms. The zero-order chi connectivity index (χ0) is 15.3. The molecule has 0 radical (unpaired) electrons. The minimum Gasteiger partial charge on any atom is -0.507 e. The van der Waals surface area contributed by atoms with Crippen molar-refractivity contribution in [2.75, 3.05) is 0 Å². The normalized spacial score (nSPS) is 26.7. The molecule has 0 spiro atoms. The molecule has 1 fully saturated rings. The van der Waals surface area contributed by atoms with Gasteiger partial charge in [-0.3, -0.25) is 4.79 Å². The number of benzene rings is 1. The molecule has 110 valence electrons. The topological polar surface area (TPSA) is 75.4 Å². The molecule has 1 aliphatic carbocycles. The molecule has 0 aliphatic heterocycles. The van der Waals surface area contributed by atoms with Gasteiger partial charge >= 0.3 is 0 Å². The van der Waals surface area contributed by atoms with Crippen LogP contribution in [0.2, 0.25) is 0 Å². The van der Waals surface area contributed by atoms with E-state index in [0.29, 0.717) is 5.56 Å². The van der Waals surface area contributed by atoms with Gasteiger partial charge in [0.2, 0.25) is 0 Å². The first-order valence-corrected chi connectivity index (χ1v) is 6.94. The number of aromatic hydroxyl groups is 1. The van der Waals surface area contributed by atoms with Gasteiger partial charge in [0.05, 0.1) is 5.56 Å². The summed E-state index contributed by atoms with van der Waals surface area (Å²) in [5.74, 6) is -0.234. The van der Waals surface area contributed by atoms with Crippen LogP contribution in [0.1, 0.15) is 43.6 Å². The van der Waals surface area contributed by atoms with E-state index in [1.54, 1.807) is 12.1 Å². The number of hydrogen-bond acceptors (Lipinski definition) is 3. The summed E-state index contributed by atoms with van der Waals surface area (Å²) in [7, 11) is 0. The van der Waals surface area contributed by atoms with E-state index in [-0.39, 0.29) is 34.6 Å². The maximum atomic E-state index is 12.4. The first kappa shape index (κ1) is 14.9. The predicted octanol–water partition coefficient (Wildman–Crippen LogP) is 2.19. The van der Waals surface area contributed by atoms with Crippen molar-refractivity contribution in [3.8, 4) is 5.75 Å². The van der Waals surface area contributed by atoms with Crippen molar-refractivity contribution in [2.45, 2.75) is 46.7 Å². The number of phenols is 1. The summed E-state index contributed by atoms with van der Waals surface area (Å²) in [5.41, 5.74) is 7.11. The molecular formula is C16H24N2O2. The fourth-order valence-electron chi connectivity index (χ4n) is 3.60. The molecule has 0 saturated heterocycles. The molecule has 1 saturated carbocycles. The molecule has 4 nitrogen and oxygen atoms in total. The van der Waals surface area contributed by atoms with Crippen molar-refractivity contribution in [1.82, 2.24) is 5.32 Å². The highest BCUT2D eigenvalue weighted by atomic mass is 16.3. The van der Waals surface area contributed by atoms with E-state index in [1.165, 1.54) is 0 Å². The number of nitrogens with one attached hydrogen (secondary N) is 1. The fourth-order valence-corrected chi connectivity index (χ4v) is 3.60. The van der Waals surface area contributed by atoms with Gasteiger partial charge in [-0.2, -0.15) is 0 Å². The molecule has 1 aliphatic rings. The average molecular weight is 276 g/mol. The Balaban J connectivity index is 2.20. The number of carbonyl (C=O) groups is 1. The number of phenolic OH excluding ortho intramolecular Hbond substituents is 1. The van der Waals surface area contributed by atoms with Gasteiger partial charge in [0.25, 0.3) is 5.91 Å². The summed E-state index contributed by atoms with van der Waals surface area (Å²) in [4.78, 5) is 12.4. The van der Waals surface area contributed by atoms with E-state index in [4.69, 9.17) is 5.73 Å². The second-order valence-electron chi connectivity index (χ2n) is 7.05. The SMILES string of the molecule is Cc1ccc(C(=O)NC2C(C)(C)C(N)C2(C)C)c(O)c1. The van der Waals surface area contributed by atoms with E-state index in [2.05, 4.69) is 33.0 Å². The molecule has 0 unspecified atom stereocenters. The first-order valence-electron chi connectivity index (χ1n) is 6.94. The third-order valence-electron chi connectivity index (χ3n) is 4.76. The molecule has 0 atom stereocenters. The molecule has 2 rings (SSSR count). The molecule has 0 aromatic heterocycles. The van der Waals surface area contributed by atoms with Crippen LogP contribution in [0.4, 0.5) is 0 Å². The van der Waals surface area contributed by atoms with Gasteiger partial charge in [-0.15, -0.1) is 0 Å². The fraction of sp³-hybridized carbons (Fsp3) is 0.562. The number of aryl methyl sites for hydroxylation is 1. The lowest BCUT2D eigenvalue weighted by molar-refractivity contribution is -0.0663. The van der Waals surface area contributed by atoms with Gasteiger partial charge in [0.1, 0.15) is 5.75 Å². The van der Waals surface area contributed by atoms with Gasteiger partial charge in [0.15, 0.2) is 0 Å². The summed E-state index contributed by atoms with van der Waals surface area (Å²) in [6, 6.07) is 5.08. The second kappa shape index (κ2) is 4.48. The standard InChI is InChI=1S/C16H24N2O2/c1-9-6-7-10(11(19)8-9)12(20)18-14-15(2,3)13(17)16(14,4)5/h6-8,13-14,19H,17H2,1-5H3,(H,18,20). The highest BCUT2D eigenvalue weighted by Crippen LogP contribution is 2.52. The van der Waals surface area contributed by atoms with Crippen LogP contribution < -0.4 is 11.1 Å². The van der Waals surface area contributed by atoms with Gasteiger partial charge in [-0.05, 0) is 24.6 Å².